The SMILES string of the molecule is CCNC(=NCC(C)c1cccc(C)c1)N1CCC(C2(C)NC(=O)NC2=O)CC1.I. The van der Waals surface area contributed by atoms with E-state index in [0.29, 0.717) is 5.92 Å². The molecule has 0 bridgehead atoms. The summed E-state index contributed by atoms with van der Waals surface area (Å²) in [4.78, 5) is 30.9. The molecule has 2 unspecified atom stereocenters. The molecular formula is C22H34IN5O2. The minimum Gasteiger partial charge on any atom is -0.357 e. The van der Waals surface area contributed by atoms with Gasteiger partial charge in [-0.05, 0) is 45.1 Å². The van der Waals surface area contributed by atoms with Crippen LogP contribution in [0.15, 0.2) is 29.3 Å². The van der Waals surface area contributed by atoms with Gasteiger partial charge in [-0.3, -0.25) is 15.1 Å². The smallest absolute Gasteiger partial charge is 0.322 e. The fourth-order valence-corrected chi connectivity index (χ4v) is 4.24. The van der Waals surface area contributed by atoms with Crippen LogP contribution in [0.5, 0.6) is 0 Å². The lowest BCUT2D eigenvalue weighted by molar-refractivity contribution is -0.125. The summed E-state index contributed by atoms with van der Waals surface area (Å²) >= 11 is 0. The highest BCUT2D eigenvalue weighted by Gasteiger charge is 2.48. The number of likely N-dealkylation sites (tertiary alicyclic amines) is 1. The van der Waals surface area contributed by atoms with Crippen molar-refractivity contribution in [3.63, 3.8) is 0 Å². The number of aryl methyl sites for hydroxylation is 1. The number of hydrogen-bond acceptors (Lipinski definition) is 3. The molecule has 0 aliphatic carbocycles. The first-order valence-electron chi connectivity index (χ1n) is 10.6. The molecular weight excluding hydrogens is 493 g/mol. The summed E-state index contributed by atoms with van der Waals surface area (Å²) in [6.45, 7) is 11.4. The zero-order valence-electron chi connectivity index (χ0n) is 18.3. The Morgan fingerprint density at radius 1 is 1.33 bits per heavy atom. The van der Waals surface area contributed by atoms with Crippen LogP contribution in [0, 0.1) is 12.8 Å². The van der Waals surface area contributed by atoms with Crippen LogP contribution in [0.25, 0.3) is 0 Å². The highest BCUT2D eigenvalue weighted by atomic mass is 127. The van der Waals surface area contributed by atoms with Crippen LogP contribution < -0.4 is 16.0 Å². The van der Waals surface area contributed by atoms with Gasteiger partial charge in [0.1, 0.15) is 5.54 Å². The van der Waals surface area contributed by atoms with Gasteiger partial charge in [-0.15, -0.1) is 24.0 Å². The van der Waals surface area contributed by atoms with E-state index in [9.17, 15) is 9.59 Å². The van der Waals surface area contributed by atoms with E-state index >= 15 is 0 Å². The molecule has 1 aromatic carbocycles. The molecule has 0 saturated carbocycles. The lowest BCUT2D eigenvalue weighted by Gasteiger charge is -2.39. The third-order valence-electron chi connectivity index (χ3n) is 6.14. The van der Waals surface area contributed by atoms with E-state index in [0.717, 1.165) is 45.0 Å². The number of urea groups is 1. The molecule has 0 aromatic heterocycles. The second-order valence-electron chi connectivity index (χ2n) is 8.38. The minimum atomic E-state index is -0.807. The highest BCUT2D eigenvalue weighted by Crippen LogP contribution is 2.30. The van der Waals surface area contributed by atoms with Crippen molar-refractivity contribution in [2.45, 2.75) is 52.0 Å². The number of aliphatic imine (C=N–C) groups is 1. The van der Waals surface area contributed by atoms with E-state index in [4.69, 9.17) is 4.99 Å². The van der Waals surface area contributed by atoms with Crippen LogP contribution >= 0.6 is 24.0 Å². The molecule has 2 atom stereocenters. The number of rotatable bonds is 5. The molecule has 7 nitrogen and oxygen atoms in total. The molecule has 2 saturated heterocycles. The van der Waals surface area contributed by atoms with Crippen LogP contribution in [0.1, 0.15) is 50.7 Å². The number of imide groups is 1. The Bertz CT molecular complexity index is 791. The Balaban J connectivity index is 0.00000320. The van der Waals surface area contributed by atoms with E-state index in [-0.39, 0.29) is 41.8 Å². The van der Waals surface area contributed by atoms with Crippen molar-refractivity contribution in [3.8, 4) is 0 Å². The van der Waals surface area contributed by atoms with Crippen LogP contribution in [-0.2, 0) is 4.79 Å². The van der Waals surface area contributed by atoms with E-state index in [1.165, 1.54) is 11.1 Å². The predicted molar refractivity (Wildman–Crippen MR) is 130 cm³/mol. The van der Waals surface area contributed by atoms with Gasteiger partial charge >= 0.3 is 6.03 Å². The zero-order valence-corrected chi connectivity index (χ0v) is 20.7. The lowest BCUT2D eigenvalue weighted by atomic mass is 9.79. The minimum absolute atomic E-state index is 0. The first kappa shape index (κ1) is 24.4. The summed E-state index contributed by atoms with van der Waals surface area (Å²) in [5.41, 5.74) is 1.77. The molecule has 3 amide bonds. The van der Waals surface area contributed by atoms with Crippen LogP contribution in [0.2, 0.25) is 0 Å². The van der Waals surface area contributed by atoms with Gasteiger partial charge in [-0.25, -0.2) is 4.79 Å². The second kappa shape index (κ2) is 10.5. The second-order valence-corrected chi connectivity index (χ2v) is 8.38. The maximum atomic E-state index is 12.2. The van der Waals surface area contributed by atoms with Gasteiger partial charge < -0.3 is 15.5 Å². The fraction of sp³-hybridized carbons (Fsp3) is 0.591. The van der Waals surface area contributed by atoms with Crippen molar-refractivity contribution >= 4 is 41.9 Å². The summed E-state index contributed by atoms with van der Waals surface area (Å²) in [7, 11) is 0. The molecule has 2 fully saturated rings. The first-order chi connectivity index (χ1) is 13.8. The number of hydrogen-bond donors (Lipinski definition) is 3. The number of nitrogens with one attached hydrogen (secondary N) is 3. The van der Waals surface area contributed by atoms with Crippen LogP contribution in [0.4, 0.5) is 4.79 Å². The normalized spacial score (nSPS) is 23.5. The average molecular weight is 527 g/mol. The van der Waals surface area contributed by atoms with Crippen LogP contribution in [0.3, 0.4) is 0 Å². The van der Waals surface area contributed by atoms with Gasteiger partial charge in [0, 0.05) is 32.1 Å². The topological polar surface area (TPSA) is 85.8 Å². The number of nitrogens with zero attached hydrogens (tertiary/aromatic N) is 2. The average Bonchev–Trinajstić information content (AvgIpc) is 2.97. The number of piperidine rings is 1. The molecule has 2 aliphatic heterocycles. The number of carbonyl (C=O) groups is 2. The molecule has 2 heterocycles. The van der Waals surface area contributed by atoms with Gasteiger partial charge in [-0.1, -0.05) is 36.8 Å². The molecule has 0 spiro atoms. The third-order valence-corrected chi connectivity index (χ3v) is 6.14. The van der Waals surface area contributed by atoms with Crippen LogP contribution in [-0.4, -0.2) is 54.5 Å². The Morgan fingerprint density at radius 2 is 2.03 bits per heavy atom. The molecule has 8 heteroatoms. The predicted octanol–water partition coefficient (Wildman–Crippen LogP) is 2.99. The number of guanidine groups is 1. The zero-order chi connectivity index (χ0) is 21.0. The molecule has 30 heavy (non-hydrogen) atoms. The van der Waals surface area contributed by atoms with Gasteiger partial charge in [0.05, 0.1) is 0 Å². The summed E-state index contributed by atoms with van der Waals surface area (Å²) < 4.78 is 0. The van der Waals surface area contributed by atoms with Gasteiger partial charge in [0.2, 0.25) is 0 Å². The number of carbonyl (C=O) groups excluding carboxylic acids is 2. The summed E-state index contributed by atoms with van der Waals surface area (Å²) in [5.74, 6) is 1.18. The number of benzene rings is 1. The standard InChI is InChI=1S/C22H33N5O2.HI/c1-5-23-20(24-14-16(3)17-8-6-7-15(2)13-17)27-11-9-18(10-12-27)22(4)19(28)25-21(29)26-22;/h6-8,13,16,18H,5,9-12,14H2,1-4H3,(H,23,24)(H2,25,26,28,29);1H. The summed E-state index contributed by atoms with van der Waals surface area (Å²) in [6.07, 6.45) is 1.67. The monoisotopic (exact) mass is 527 g/mol. The van der Waals surface area contributed by atoms with E-state index in [1.54, 1.807) is 0 Å². The van der Waals surface area contributed by atoms with E-state index in [2.05, 4.69) is 65.9 Å². The molecule has 166 valence electrons. The highest BCUT2D eigenvalue weighted by molar-refractivity contribution is 14.0. The van der Waals surface area contributed by atoms with Gasteiger partial charge in [0.15, 0.2) is 5.96 Å². The Morgan fingerprint density at radius 3 is 2.60 bits per heavy atom. The summed E-state index contributed by atoms with van der Waals surface area (Å²) in [6, 6.07) is 8.20. The maximum absolute atomic E-state index is 12.2. The van der Waals surface area contributed by atoms with E-state index in [1.807, 2.05) is 6.92 Å². The quantitative estimate of drug-likeness (QED) is 0.238. The van der Waals surface area contributed by atoms with E-state index < -0.39 is 5.54 Å². The number of amides is 3. The lowest BCUT2D eigenvalue weighted by Crippen LogP contribution is -2.55. The Hall–Kier alpha value is -1.84. The summed E-state index contributed by atoms with van der Waals surface area (Å²) in [5, 5.41) is 8.60. The van der Waals surface area contributed by atoms with Crippen molar-refractivity contribution in [3.05, 3.63) is 35.4 Å². The van der Waals surface area contributed by atoms with Gasteiger partial charge in [0.25, 0.3) is 5.91 Å². The van der Waals surface area contributed by atoms with Crippen molar-refractivity contribution < 1.29 is 9.59 Å². The molecule has 2 aliphatic rings. The largest absolute Gasteiger partial charge is 0.357 e. The Kier molecular flexibility index (Phi) is 8.52. The third kappa shape index (κ3) is 5.44. The van der Waals surface area contributed by atoms with Crippen molar-refractivity contribution in [2.75, 3.05) is 26.2 Å². The van der Waals surface area contributed by atoms with Crippen molar-refractivity contribution in [1.82, 2.24) is 20.9 Å². The number of halogens is 1. The van der Waals surface area contributed by atoms with Gasteiger partial charge in [-0.2, -0.15) is 0 Å². The van der Waals surface area contributed by atoms with Crippen molar-refractivity contribution in [1.29, 1.82) is 0 Å². The Labute approximate surface area is 196 Å². The maximum Gasteiger partial charge on any atom is 0.322 e. The molecule has 3 rings (SSSR count). The van der Waals surface area contributed by atoms with Crippen molar-refractivity contribution in [2.24, 2.45) is 10.9 Å². The first-order valence-corrected chi connectivity index (χ1v) is 10.6. The molecule has 3 N–H and O–H groups in total. The molecule has 0 radical (unpaired) electrons. The fourth-order valence-electron chi connectivity index (χ4n) is 4.24. The molecule has 1 aromatic rings.